The van der Waals surface area contributed by atoms with E-state index in [0.717, 1.165) is 33.4 Å². The number of aryl methyl sites for hydroxylation is 1. The summed E-state index contributed by atoms with van der Waals surface area (Å²) in [6.45, 7) is 1.98. The molecule has 2 heterocycles. The number of benzene rings is 5. The van der Waals surface area contributed by atoms with Crippen LogP contribution in [0.1, 0.15) is 52.2 Å². The van der Waals surface area contributed by atoms with Crippen molar-refractivity contribution in [1.29, 1.82) is 0 Å². The Hall–Kier alpha value is -5.42. The first-order valence-electron chi connectivity index (χ1n) is 18.3. The number of tetrazole rings is 1. The Labute approximate surface area is 335 Å². The number of amides is 1. The molecular formula is C42H42N6O7S2. The monoisotopic (exact) mass is 806 g/mol. The van der Waals surface area contributed by atoms with Gasteiger partial charge in [0.15, 0.2) is 6.29 Å². The quantitative estimate of drug-likeness (QED) is 0.0935. The molecule has 5 aromatic carbocycles. The first kappa shape index (κ1) is 39.8. The van der Waals surface area contributed by atoms with Crippen molar-refractivity contribution in [3.05, 3.63) is 161 Å². The van der Waals surface area contributed by atoms with Crippen molar-refractivity contribution in [3.8, 4) is 11.4 Å². The minimum atomic E-state index is -3.98. The van der Waals surface area contributed by atoms with E-state index in [2.05, 4.69) is 25.6 Å². The Morgan fingerprint density at radius 3 is 2.25 bits per heavy atom. The smallest absolute Gasteiger partial charge is 0.241 e. The maximum Gasteiger partial charge on any atom is 0.241 e. The summed E-state index contributed by atoms with van der Waals surface area (Å²) in [6, 6.07) is 36.5. The average molecular weight is 807 g/mol. The number of nitrogens with zero attached hydrogens (tertiary/aromatic N) is 4. The highest BCUT2D eigenvalue weighted by Gasteiger charge is 2.33. The summed E-state index contributed by atoms with van der Waals surface area (Å²) in [5.41, 5.74) is 5.77. The van der Waals surface area contributed by atoms with Gasteiger partial charge < -0.3 is 25.0 Å². The number of carbonyl (C=O) groups excluding carboxylic acids is 1. The number of aromatic hydroxyl groups is 1. The van der Waals surface area contributed by atoms with Gasteiger partial charge >= 0.3 is 0 Å². The zero-order valence-corrected chi connectivity index (χ0v) is 32.6. The summed E-state index contributed by atoms with van der Waals surface area (Å²) in [7, 11) is -3.98. The molecule has 0 aliphatic carbocycles. The van der Waals surface area contributed by atoms with Crippen molar-refractivity contribution in [3.63, 3.8) is 0 Å². The molecular weight excluding hydrogens is 765 g/mol. The van der Waals surface area contributed by atoms with Crippen molar-refractivity contribution in [2.24, 2.45) is 0 Å². The van der Waals surface area contributed by atoms with Gasteiger partial charge in [0.1, 0.15) is 11.8 Å². The van der Waals surface area contributed by atoms with Crippen LogP contribution in [0.3, 0.4) is 0 Å². The zero-order valence-electron chi connectivity index (χ0n) is 31.0. The number of phenolic OH excluding ortho intramolecular Hbond substituents is 1. The molecule has 1 amide bonds. The molecule has 6 aromatic rings. The number of aliphatic hydroxyl groups excluding tert-OH is 1. The van der Waals surface area contributed by atoms with E-state index in [0.29, 0.717) is 23.0 Å². The molecule has 0 unspecified atom stereocenters. The number of hydrogen-bond acceptors (Lipinski definition) is 11. The predicted molar refractivity (Wildman–Crippen MR) is 214 cm³/mol. The first-order valence-corrected chi connectivity index (χ1v) is 20.8. The summed E-state index contributed by atoms with van der Waals surface area (Å²) >= 11 is 1.44. The van der Waals surface area contributed by atoms with Gasteiger partial charge in [-0.25, -0.2) is 8.42 Å². The first-order chi connectivity index (χ1) is 27.6. The van der Waals surface area contributed by atoms with Crippen LogP contribution < -0.4 is 10.0 Å². The highest BCUT2D eigenvalue weighted by molar-refractivity contribution is 7.99. The maximum atomic E-state index is 13.6. The number of carbonyl (C=O) groups is 1. The molecule has 1 fully saturated rings. The highest BCUT2D eigenvalue weighted by atomic mass is 32.2. The van der Waals surface area contributed by atoms with E-state index in [-0.39, 0.29) is 42.4 Å². The lowest BCUT2D eigenvalue weighted by Gasteiger charge is -2.36. The van der Waals surface area contributed by atoms with E-state index in [1.165, 1.54) is 23.9 Å². The maximum absolute atomic E-state index is 13.6. The number of aliphatic hydroxyl groups is 1. The summed E-state index contributed by atoms with van der Waals surface area (Å²) < 4.78 is 43.9. The molecule has 0 radical (unpaired) electrons. The Kier molecular flexibility index (Phi) is 12.7. The second-order valence-electron chi connectivity index (χ2n) is 13.7. The van der Waals surface area contributed by atoms with Gasteiger partial charge in [0.2, 0.25) is 21.1 Å². The minimum Gasteiger partial charge on any atom is -0.508 e. The van der Waals surface area contributed by atoms with Crippen LogP contribution >= 0.6 is 11.8 Å². The van der Waals surface area contributed by atoms with Gasteiger partial charge in [-0.2, -0.15) is 9.40 Å². The molecule has 4 atom stereocenters. The van der Waals surface area contributed by atoms with Crippen LogP contribution in [0, 0.1) is 6.92 Å². The van der Waals surface area contributed by atoms with Crippen molar-refractivity contribution in [1.82, 2.24) is 30.2 Å². The fraction of sp³-hybridized carbons (Fsp3) is 0.238. The summed E-state index contributed by atoms with van der Waals surface area (Å²) in [4.78, 5) is 13.7. The molecule has 1 aliphatic heterocycles. The predicted octanol–water partition coefficient (Wildman–Crippen LogP) is 5.71. The van der Waals surface area contributed by atoms with Crippen LogP contribution in [0.4, 0.5) is 0 Å². The fourth-order valence-electron chi connectivity index (χ4n) is 6.33. The molecule has 7 rings (SSSR count). The van der Waals surface area contributed by atoms with Gasteiger partial charge in [-0.3, -0.25) is 4.79 Å². The molecule has 1 saturated heterocycles. The van der Waals surface area contributed by atoms with Crippen LogP contribution in [-0.2, 0) is 43.9 Å². The lowest BCUT2D eigenvalue weighted by atomic mass is 10.0. The second-order valence-corrected chi connectivity index (χ2v) is 16.4. The third-order valence-electron chi connectivity index (χ3n) is 9.49. The minimum absolute atomic E-state index is 0.0594. The number of nitrogens with one attached hydrogen (secondary N) is 2. The molecule has 4 N–H and O–H groups in total. The van der Waals surface area contributed by atoms with E-state index in [9.17, 15) is 23.4 Å². The van der Waals surface area contributed by atoms with Crippen LogP contribution in [-0.4, -0.2) is 62.6 Å². The van der Waals surface area contributed by atoms with E-state index >= 15 is 0 Å². The lowest BCUT2D eigenvalue weighted by Crippen LogP contribution is -2.47. The number of rotatable bonds is 15. The molecule has 0 bridgehead atoms. The summed E-state index contributed by atoms with van der Waals surface area (Å²) in [6.07, 6.45) is -0.549. The van der Waals surface area contributed by atoms with Gasteiger partial charge in [-0.15, -0.1) is 5.10 Å². The van der Waals surface area contributed by atoms with Crippen LogP contribution in [0.5, 0.6) is 5.75 Å². The number of hydrogen-bond donors (Lipinski definition) is 4. The van der Waals surface area contributed by atoms with Crippen molar-refractivity contribution >= 4 is 27.7 Å². The fourth-order valence-corrected chi connectivity index (χ4v) is 8.43. The molecule has 0 saturated carbocycles. The Morgan fingerprint density at radius 2 is 1.54 bits per heavy atom. The van der Waals surface area contributed by atoms with E-state index < -0.39 is 28.3 Å². The molecule has 294 valence electrons. The standard InChI is InChI=1S/C42H42N6O7S2/c1-28-7-21-37(22-8-28)57(52,53)45-38(23-29-5-3-2-4-6-29)40(51)43-25-30-9-15-33(16-10-30)41-54-36(24-39(55-41)32-13-11-31(26-49)12-14-32)27-56-42-44-46-47-48(42)34-17-19-35(50)20-18-34/h2-22,36,38-39,41,45,49-50H,23-27H2,1H3,(H,43,51)/t36-,38+,39+,41+/m0/s1. The van der Waals surface area contributed by atoms with E-state index in [4.69, 9.17) is 9.47 Å². The highest BCUT2D eigenvalue weighted by Crippen LogP contribution is 2.39. The Morgan fingerprint density at radius 1 is 0.860 bits per heavy atom. The van der Waals surface area contributed by atoms with Gasteiger partial charge in [0.25, 0.3) is 0 Å². The second kappa shape index (κ2) is 18.2. The Bertz CT molecular complexity index is 2340. The molecule has 15 heteroatoms. The van der Waals surface area contributed by atoms with Crippen molar-refractivity contribution in [2.45, 2.75) is 67.5 Å². The third-order valence-corrected chi connectivity index (χ3v) is 12.0. The van der Waals surface area contributed by atoms with E-state index in [1.807, 2.05) is 85.8 Å². The SMILES string of the molecule is Cc1ccc(S(=O)(=O)N[C@H](Cc2ccccc2)C(=O)NCc2ccc([C@@H]3O[C@H](CSc4nnnn4-c4ccc(O)cc4)C[C@H](c4ccc(CO)cc4)O3)cc2)cc1. The summed E-state index contributed by atoms with van der Waals surface area (Å²) in [5.74, 6) is 0.209. The van der Waals surface area contributed by atoms with E-state index in [1.54, 1.807) is 41.1 Å². The van der Waals surface area contributed by atoms with Gasteiger partial charge in [-0.05, 0) is 82.4 Å². The molecule has 1 aliphatic rings. The van der Waals surface area contributed by atoms with Crippen molar-refractivity contribution in [2.75, 3.05) is 5.75 Å². The number of thioether (sulfide) groups is 1. The molecule has 0 spiro atoms. The van der Waals surface area contributed by atoms with Gasteiger partial charge in [-0.1, -0.05) is 108 Å². The molecule has 57 heavy (non-hydrogen) atoms. The molecule has 13 nitrogen and oxygen atoms in total. The summed E-state index contributed by atoms with van der Waals surface area (Å²) in [5, 5.41) is 35.0. The third kappa shape index (κ3) is 10.3. The van der Waals surface area contributed by atoms with Crippen LogP contribution in [0.15, 0.2) is 137 Å². The normalized spacial score (nSPS) is 17.5. The van der Waals surface area contributed by atoms with Gasteiger partial charge in [0, 0.05) is 24.3 Å². The Balaban J connectivity index is 1.04. The lowest BCUT2D eigenvalue weighted by molar-refractivity contribution is -0.245. The van der Waals surface area contributed by atoms with Crippen molar-refractivity contribution < 1.29 is 32.9 Å². The van der Waals surface area contributed by atoms with Crippen LogP contribution in [0.25, 0.3) is 5.69 Å². The zero-order chi connectivity index (χ0) is 39.8. The molecule has 1 aromatic heterocycles. The van der Waals surface area contributed by atoms with Crippen LogP contribution in [0.2, 0.25) is 0 Å². The number of sulfonamides is 1. The largest absolute Gasteiger partial charge is 0.508 e. The topological polar surface area (TPSA) is 178 Å². The number of aromatic nitrogens is 4. The number of ether oxygens (including phenoxy) is 2. The average Bonchev–Trinajstić information content (AvgIpc) is 3.71. The van der Waals surface area contributed by atoms with Gasteiger partial charge in [0.05, 0.1) is 29.4 Å². The number of phenols is 1.